The number of ketones is 2. The fourth-order valence-corrected chi connectivity index (χ4v) is 3.55. The fourth-order valence-electron chi connectivity index (χ4n) is 3.55. The summed E-state index contributed by atoms with van der Waals surface area (Å²) in [5.41, 5.74) is 3.39. The molecule has 0 bridgehead atoms. The monoisotopic (exact) mass is 542 g/mol. The molecule has 0 amide bonds. The summed E-state index contributed by atoms with van der Waals surface area (Å²) in [7, 11) is 0. The van der Waals surface area contributed by atoms with E-state index in [2.05, 4.69) is 23.7 Å². The minimum atomic E-state index is -0.792. The second-order valence-corrected chi connectivity index (χ2v) is 8.63. The Kier molecular flexibility index (Phi) is 9.64. The van der Waals surface area contributed by atoms with Gasteiger partial charge in [0.15, 0.2) is 5.78 Å². The minimum Gasteiger partial charge on any atom is -0.289 e. The van der Waals surface area contributed by atoms with E-state index in [9.17, 15) is 22.8 Å². The summed E-state index contributed by atoms with van der Waals surface area (Å²) in [5, 5.41) is 0. The lowest BCUT2D eigenvalue weighted by molar-refractivity contribution is 0.103. The lowest BCUT2D eigenvalue weighted by Gasteiger charge is -2.01. The number of halogens is 3. The smallest absolute Gasteiger partial charge is 0.236 e. The summed E-state index contributed by atoms with van der Waals surface area (Å²) in [6, 6.07) is 33.9. The summed E-state index contributed by atoms with van der Waals surface area (Å²) < 4.78 is 38.7. The third-order valence-electron chi connectivity index (χ3n) is 5.60. The van der Waals surface area contributed by atoms with E-state index in [-0.39, 0.29) is 17.2 Å². The molecule has 0 spiro atoms. The second kappa shape index (κ2) is 13.9. The largest absolute Gasteiger partial charge is 0.289 e. The van der Waals surface area contributed by atoms with Crippen LogP contribution < -0.4 is 0 Å². The zero-order chi connectivity index (χ0) is 29.0. The molecule has 5 aromatic rings. The van der Waals surface area contributed by atoms with Crippen molar-refractivity contribution in [3.8, 4) is 23.7 Å². The van der Waals surface area contributed by atoms with Crippen molar-refractivity contribution >= 4 is 11.6 Å². The predicted octanol–water partition coefficient (Wildman–Crippen LogP) is 7.66. The summed E-state index contributed by atoms with van der Waals surface area (Å²) in [5.74, 6) is 8.44. The summed E-state index contributed by atoms with van der Waals surface area (Å²) >= 11 is 0. The van der Waals surface area contributed by atoms with Gasteiger partial charge in [0, 0.05) is 39.4 Å². The molecule has 0 fully saturated rings. The zero-order valence-electron chi connectivity index (χ0n) is 21.6. The Bertz CT molecular complexity index is 1750. The standard InChI is InChI=1S/C21H13FO.C15H8F2O/c22-20-14-12-19(13-15-20)21(23)18-10-8-17(9-11-18)7-6-16-4-2-1-3-5-16;16-13-8-12(9-14(17)10-13)15(18)7-6-11-4-2-1-3-5-11/h1-5,8-15H;1-5,8-10H. The number of hydrogen-bond acceptors (Lipinski definition) is 2. The van der Waals surface area contributed by atoms with Gasteiger partial charge in [-0.15, -0.1) is 0 Å². The first-order chi connectivity index (χ1) is 19.9. The van der Waals surface area contributed by atoms with Gasteiger partial charge in [-0.1, -0.05) is 54.2 Å². The van der Waals surface area contributed by atoms with E-state index in [4.69, 9.17) is 0 Å². The average Bonchev–Trinajstić information content (AvgIpc) is 3.00. The van der Waals surface area contributed by atoms with E-state index >= 15 is 0 Å². The molecule has 0 N–H and O–H groups in total. The fraction of sp³-hybridized carbons (Fsp3) is 0. The molecule has 0 saturated heterocycles. The zero-order valence-corrected chi connectivity index (χ0v) is 21.6. The quantitative estimate of drug-likeness (QED) is 0.173. The number of carbonyl (C=O) groups excluding carboxylic acids is 2. The normalized spacial score (nSPS) is 9.63. The third-order valence-corrected chi connectivity index (χ3v) is 5.60. The van der Waals surface area contributed by atoms with Crippen LogP contribution in [0.4, 0.5) is 13.2 Å². The van der Waals surface area contributed by atoms with Crippen LogP contribution in [0.1, 0.15) is 43.0 Å². The van der Waals surface area contributed by atoms with Crippen LogP contribution >= 0.6 is 0 Å². The molecule has 0 aliphatic carbocycles. The molecule has 2 nitrogen and oxygen atoms in total. The summed E-state index contributed by atoms with van der Waals surface area (Å²) in [4.78, 5) is 23.9. The number of hydrogen-bond donors (Lipinski definition) is 0. The predicted molar refractivity (Wildman–Crippen MR) is 153 cm³/mol. The van der Waals surface area contributed by atoms with Crippen molar-refractivity contribution < 1.29 is 22.8 Å². The van der Waals surface area contributed by atoms with Crippen molar-refractivity contribution in [3.63, 3.8) is 0 Å². The van der Waals surface area contributed by atoms with Gasteiger partial charge >= 0.3 is 0 Å². The van der Waals surface area contributed by atoms with Gasteiger partial charge in [0.25, 0.3) is 0 Å². The van der Waals surface area contributed by atoms with Crippen LogP contribution in [0.25, 0.3) is 0 Å². The molecule has 0 aliphatic rings. The maximum Gasteiger partial charge on any atom is 0.236 e. The van der Waals surface area contributed by atoms with Crippen LogP contribution in [0.2, 0.25) is 0 Å². The molecule has 0 aliphatic heterocycles. The molecule has 0 atom stereocenters. The molecule has 0 unspecified atom stereocenters. The number of benzene rings is 5. The van der Waals surface area contributed by atoms with E-state index < -0.39 is 17.4 Å². The molecule has 5 aromatic carbocycles. The first-order valence-corrected chi connectivity index (χ1v) is 12.4. The highest BCUT2D eigenvalue weighted by molar-refractivity contribution is 6.09. The van der Waals surface area contributed by atoms with Gasteiger partial charge in [-0.3, -0.25) is 9.59 Å². The Labute approximate surface area is 236 Å². The van der Waals surface area contributed by atoms with Crippen LogP contribution in [0, 0.1) is 41.1 Å². The highest BCUT2D eigenvalue weighted by Crippen LogP contribution is 2.12. The second-order valence-electron chi connectivity index (χ2n) is 8.63. The van der Waals surface area contributed by atoms with Crippen molar-refractivity contribution in [3.05, 3.63) is 178 Å². The maximum atomic E-state index is 12.9. The SMILES string of the molecule is O=C(C#Cc1ccccc1)c1cc(F)cc(F)c1.O=C(c1ccc(F)cc1)c1ccc(C#Cc2ccccc2)cc1. The van der Waals surface area contributed by atoms with Crippen molar-refractivity contribution in [2.45, 2.75) is 0 Å². The number of Topliss-reactive ketones (excluding diaryl/α,β-unsaturated/α-hetero) is 1. The van der Waals surface area contributed by atoms with Gasteiger partial charge in [0.2, 0.25) is 5.78 Å². The van der Waals surface area contributed by atoms with Crippen LogP contribution in [0.3, 0.4) is 0 Å². The molecule has 0 saturated carbocycles. The van der Waals surface area contributed by atoms with Crippen LogP contribution in [0.15, 0.2) is 127 Å². The molecule has 198 valence electrons. The van der Waals surface area contributed by atoms with E-state index in [1.54, 1.807) is 36.4 Å². The van der Waals surface area contributed by atoms with E-state index in [0.29, 0.717) is 22.8 Å². The Morgan fingerprint density at radius 1 is 0.439 bits per heavy atom. The minimum absolute atomic E-state index is 0.0871. The van der Waals surface area contributed by atoms with Gasteiger partial charge in [0.1, 0.15) is 17.5 Å². The van der Waals surface area contributed by atoms with Crippen LogP contribution in [-0.2, 0) is 0 Å². The molecule has 0 radical (unpaired) electrons. The van der Waals surface area contributed by atoms with E-state index in [1.807, 2.05) is 48.5 Å². The number of carbonyl (C=O) groups is 2. The highest BCUT2D eigenvalue weighted by atomic mass is 19.1. The molecule has 0 heterocycles. The Morgan fingerprint density at radius 3 is 1.39 bits per heavy atom. The van der Waals surface area contributed by atoms with Crippen molar-refractivity contribution in [2.75, 3.05) is 0 Å². The van der Waals surface area contributed by atoms with Gasteiger partial charge in [-0.05, 0) is 90.8 Å². The van der Waals surface area contributed by atoms with Gasteiger partial charge in [-0.25, -0.2) is 13.2 Å². The van der Waals surface area contributed by atoms with Gasteiger partial charge < -0.3 is 0 Å². The van der Waals surface area contributed by atoms with Crippen LogP contribution in [0.5, 0.6) is 0 Å². The summed E-state index contributed by atoms with van der Waals surface area (Å²) in [6.45, 7) is 0. The molecule has 0 aromatic heterocycles. The summed E-state index contributed by atoms with van der Waals surface area (Å²) in [6.07, 6.45) is 0. The topological polar surface area (TPSA) is 34.1 Å². The van der Waals surface area contributed by atoms with Crippen molar-refractivity contribution in [2.24, 2.45) is 0 Å². The van der Waals surface area contributed by atoms with E-state index in [0.717, 1.165) is 23.3 Å². The van der Waals surface area contributed by atoms with Crippen molar-refractivity contribution in [1.82, 2.24) is 0 Å². The first kappa shape index (κ1) is 28.4. The molecule has 41 heavy (non-hydrogen) atoms. The van der Waals surface area contributed by atoms with Gasteiger partial charge in [0.05, 0.1) is 0 Å². The lowest BCUT2D eigenvalue weighted by atomic mass is 10.0. The lowest BCUT2D eigenvalue weighted by Crippen LogP contribution is -2.01. The third kappa shape index (κ3) is 8.68. The first-order valence-electron chi connectivity index (χ1n) is 12.4. The van der Waals surface area contributed by atoms with Gasteiger partial charge in [-0.2, -0.15) is 0 Å². The molecular formula is C36H21F3O2. The molecule has 5 rings (SSSR count). The van der Waals surface area contributed by atoms with E-state index in [1.165, 1.54) is 24.3 Å². The Morgan fingerprint density at radius 2 is 0.878 bits per heavy atom. The molecular weight excluding hydrogens is 521 g/mol. The highest BCUT2D eigenvalue weighted by Gasteiger charge is 2.09. The van der Waals surface area contributed by atoms with Crippen molar-refractivity contribution in [1.29, 1.82) is 0 Å². The maximum absolute atomic E-state index is 12.9. The Hall–Kier alpha value is -5.65. The Balaban J connectivity index is 0.000000195. The van der Waals surface area contributed by atoms with Crippen LogP contribution in [-0.4, -0.2) is 11.6 Å². The molecule has 5 heteroatoms. The average molecular weight is 543 g/mol. The number of rotatable bonds is 3.